The summed E-state index contributed by atoms with van der Waals surface area (Å²) < 4.78 is 49.5. The van der Waals surface area contributed by atoms with Crippen LogP contribution in [0.1, 0.15) is 25.5 Å². The van der Waals surface area contributed by atoms with E-state index in [9.17, 15) is 18.0 Å². The van der Waals surface area contributed by atoms with Crippen LogP contribution in [-0.4, -0.2) is 12.1 Å². The zero-order valence-corrected chi connectivity index (χ0v) is 17.6. The van der Waals surface area contributed by atoms with Crippen molar-refractivity contribution in [3.8, 4) is 23.8 Å². The van der Waals surface area contributed by atoms with Crippen LogP contribution >= 0.6 is 11.6 Å². The van der Waals surface area contributed by atoms with Crippen molar-refractivity contribution >= 4 is 17.6 Å². The maximum absolute atomic E-state index is 12.7. The van der Waals surface area contributed by atoms with Gasteiger partial charge in [0.25, 0.3) is 0 Å². The first-order chi connectivity index (χ1) is 14.5. The number of alkyl halides is 3. The molecule has 0 aliphatic heterocycles. The van der Waals surface area contributed by atoms with Crippen molar-refractivity contribution in [2.75, 3.05) is 0 Å². The van der Waals surface area contributed by atoms with Crippen LogP contribution in [0.25, 0.3) is 0 Å². The van der Waals surface area contributed by atoms with Gasteiger partial charge in [-0.25, -0.2) is 0 Å². The number of terminal acetylenes is 1. The largest absolute Gasteiger partial charge is 0.457 e. The third-order valence-electron chi connectivity index (χ3n) is 5.29. The molecule has 1 saturated carbocycles. The summed E-state index contributed by atoms with van der Waals surface area (Å²) in [5.41, 5.74) is -0.206. The number of hydrogen-bond donors (Lipinski definition) is 0. The molecule has 3 rings (SSSR count). The standard InChI is InChI=1S/C24H20ClF3O3/c1-4-19(15-9-8-12-17(13-15)30-16-10-6-5-7-11-16)31-22(29)21-18(23(21,2)3)14-20(25)24(26,27)28/h1,5-14,18-19,21H,2-3H3. The van der Waals surface area contributed by atoms with Crippen LogP contribution in [0.15, 0.2) is 65.7 Å². The molecule has 162 valence electrons. The highest BCUT2D eigenvalue weighted by molar-refractivity contribution is 6.30. The van der Waals surface area contributed by atoms with Gasteiger partial charge in [-0.2, -0.15) is 13.2 Å². The molecule has 2 aromatic rings. The molecule has 0 bridgehead atoms. The van der Waals surface area contributed by atoms with E-state index in [1.54, 1.807) is 50.2 Å². The summed E-state index contributed by atoms with van der Waals surface area (Å²) in [7, 11) is 0. The highest BCUT2D eigenvalue weighted by atomic mass is 35.5. The van der Waals surface area contributed by atoms with Gasteiger partial charge < -0.3 is 9.47 Å². The van der Waals surface area contributed by atoms with E-state index >= 15 is 0 Å². The van der Waals surface area contributed by atoms with Gasteiger partial charge in [0.15, 0.2) is 6.10 Å². The van der Waals surface area contributed by atoms with Crippen LogP contribution in [0.2, 0.25) is 0 Å². The molecule has 0 heterocycles. The SMILES string of the molecule is C#CC(OC(=O)C1C(C=C(Cl)C(F)(F)F)C1(C)C)c1cccc(Oc2ccccc2)c1. The second kappa shape index (κ2) is 8.68. The Morgan fingerprint density at radius 3 is 2.42 bits per heavy atom. The van der Waals surface area contributed by atoms with Gasteiger partial charge in [-0.05, 0) is 35.6 Å². The van der Waals surface area contributed by atoms with Crippen molar-refractivity contribution in [3.05, 3.63) is 71.3 Å². The molecule has 2 aromatic carbocycles. The van der Waals surface area contributed by atoms with Crippen molar-refractivity contribution in [1.29, 1.82) is 0 Å². The molecule has 0 N–H and O–H groups in total. The van der Waals surface area contributed by atoms with Gasteiger partial charge in [0.2, 0.25) is 0 Å². The normalized spacial score (nSPS) is 21.0. The van der Waals surface area contributed by atoms with Crippen molar-refractivity contribution in [2.24, 2.45) is 17.3 Å². The van der Waals surface area contributed by atoms with E-state index in [0.717, 1.165) is 6.08 Å². The predicted octanol–water partition coefficient (Wildman–Crippen LogP) is 6.65. The number of esters is 1. The van der Waals surface area contributed by atoms with Crippen LogP contribution in [0.3, 0.4) is 0 Å². The fraction of sp³-hybridized carbons (Fsp3) is 0.292. The Hall–Kier alpha value is -2.91. The topological polar surface area (TPSA) is 35.5 Å². The van der Waals surface area contributed by atoms with Crippen LogP contribution in [0.4, 0.5) is 13.2 Å². The van der Waals surface area contributed by atoms with Gasteiger partial charge in [-0.3, -0.25) is 4.79 Å². The number of carbonyl (C=O) groups excluding carboxylic acids is 1. The Balaban J connectivity index is 1.72. The molecule has 3 nitrogen and oxygen atoms in total. The van der Waals surface area contributed by atoms with Crippen molar-refractivity contribution < 1.29 is 27.4 Å². The first-order valence-electron chi connectivity index (χ1n) is 9.48. The number of hydrogen-bond acceptors (Lipinski definition) is 3. The Morgan fingerprint density at radius 2 is 1.81 bits per heavy atom. The van der Waals surface area contributed by atoms with Gasteiger partial charge in [-0.1, -0.05) is 67.8 Å². The highest BCUT2D eigenvalue weighted by Gasteiger charge is 2.62. The monoisotopic (exact) mass is 448 g/mol. The summed E-state index contributed by atoms with van der Waals surface area (Å²) in [5.74, 6) is 1.40. The number of allylic oxidation sites excluding steroid dienone is 2. The minimum Gasteiger partial charge on any atom is -0.457 e. The van der Waals surface area contributed by atoms with Crippen LogP contribution < -0.4 is 4.74 Å². The van der Waals surface area contributed by atoms with Gasteiger partial charge in [0.05, 0.1) is 5.92 Å². The van der Waals surface area contributed by atoms with E-state index in [2.05, 4.69) is 5.92 Å². The highest BCUT2D eigenvalue weighted by Crippen LogP contribution is 2.60. The van der Waals surface area contributed by atoms with E-state index in [-0.39, 0.29) is 0 Å². The summed E-state index contributed by atoms with van der Waals surface area (Å²) in [6, 6.07) is 15.9. The van der Waals surface area contributed by atoms with E-state index in [1.807, 2.05) is 18.2 Å². The lowest BCUT2D eigenvalue weighted by atomic mass is 10.1. The maximum Gasteiger partial charge on any atom is 0.426 e. The molecule has 3 atom stereocenters. The van der Waals surface area contributed by atoms with E-state index in [4.69, 9.17) is 27.5 Å². The minimum atomic E-state index is -4.66. The smallest absolute Gasteiger partial charge is 0.426 e. The van der Waals surface area contributed by atoms with Crippen molar-refractivity contribution in [2.45, 2.75) is 26.1 Å². The lowest BCUT2D eigenvalue weighted by molar-refractivity contribution is -0.149. The van der Waals surface area contributed by atoms with E-state index in [1.165, 1.54) is 0 Å². The molecule has 7 heteroatoms. The maximum atomic E-state index is 12.7. The Bertz CT molecular complexity index is 1020. The molecule has 0 amide bonds. The molecule has 1 aliphatic carbocycles. The third kappa shape index (κ3) is 5.23. The number of ether oxygens (including phenoxy) is 2. The summed E-state index contributed by atoms with van der Waals surface area (Å²) in [4.78, 5) is 12.7. The quantitative estimate of drug-likeness (QED) is 0.366. The number of rotatable bonds is 6. The van der Waals surface area contributed by atoms with Gasteiger partial charge >= 0.3 is 12.1 Å². The van der Waals surface area contributed by atoms with Crippen molar-refractivity contribution in [1.82, 2.24) is 0 Å². The lowest BCUT2D eigenvalue weighted by Gasteiger charge is -2.15. The number of para-hydroxylation sites is 1. The molecule has 0 radical (unpaired) electrons. The van der Waals surface area contributed by atoms with E-state index in [0.29, 0.717) is 17.1 Å². The molecule has 0 saturated heterocycles. The molecule has 0 spiro atoms. The number of halogens is 4. The zero-order valence-electron chi connectivity index (χ0n) is 16.8. The van der Waals surface area contributed by atoms with Crippen LogP contribution in [0.5, 0.6) is 11.5 Å². The fourth-order valence-corrected chi connectivity index (χ4v) is 3.58. The third-order valence-corrected chi connectivity index (χ3v) is 5.63. The number of benzene rings is 2. The summed E-state index contributed by atoms with van der Waals surface area (Å²) >= 11 is 5.34. The average molecular weight is 449 g/mol. The van der Waals surface area contributed by atoms with E-state index < -0.39 is 40.5 Å². The number of carbonyl (C=O) groups is 1. The van der Waals surface area contributed by atoms with Crippen LogP contribution in [0, 0.1) is 29.6 Å². The van der Waals surface area contributed by atoms with Gasteiger partial charge in [0, 0.05) is 5.56 Å². The Kier molecular flexibility index (Phi) is 6.38. The summed E-state index contributed by atoms with van der Waals surface area (Å²) in [5, 5.41) is -1.25. The summed E-state index contributed by atoms with van der Waals surface area (Å²) in [6.07, 6.45) is 0.768. The predicted molar refractivity (Wildman–Crippen MR) is 111 cm³/mol. The molecular weight excluding hydrogens is 429 g/mol. The van der Waals surface area contributed by atoms with Crippen LogP contribution in [-0.2, 0) is 9.53 Å². The fourth-order valence-electron chi connectivity index (χ4n) is 3.44. The molecule has 0 aromatic heterocycles. The first kappa shape index (κ1) is 22.8. The van der Waals surface area contributed by atoms with Gasteiger partial charge in [0.1, 0.15) is 16.5 Å². The molecule has 31 heavy (non-hydrogen) atoms. The minimum absolute atomic E-state index is 0.504. The first-order valence-corrected chi connectivity index (χ1v) is 9.86. The Morgan fingerprint density at radius 1 is 1.16 bits per heavy atom. The molecule has 3 unspecified atom stereocenters. The lowest BCUT2D eigenvalue weighted by Crippen LogP contribution is -2.14. The second-order valence-electron chi connectivity index (χ2n) is 7.81. The molecule has 1 aliphatic rings. The average Bonchev–Trinajstić information content (AvgIpc) is 3.26. The Labute approximate surface area is 183 Å². The molecule has 1 fully saturated rings. The molecular formula is C24H20ClF3O3. The van der Waals surface area contributed by atoms with Gasteiger partial charge in [-0.15, -0.1) is 6.42 Å². The summed E-state index contributed by atoms with van der Waals surface area (Å²) in [6.45, 7) is 3.36. The zero-order chi connectivity index (χ0) is 22.8. The second-order valence-corrected chi connectivity index (χ2v) is 8.22. The van der Waals surface area contributed by atoms with Crippen molar-refractivity contribution in [3.63, 3.8) is 0 Å².